The molecular weight excluding hydrogens is 188 g/mol. The fraction of sp³-hybridized carbons (Fsp3) is 0.273. The highest BCUT2D eigenvalue weighted by Crippen LogP contribution is 2.17. The van der Waals surface area contributed by atoms with Crippen LogP contribution in [0, 0.1) is 0 Å². The third-order valence-corrected chi connectivity index (χ3v) is 2.19. The van der Waals surface area contributed by atoms with E-state index in [1.807, 2.05) is 22.9 Å². The predicted octanol–water partition coefficient (Wildman–Crippen LogP) is 1.94. The summed E-state index contributed by atoms with van der Waals surface area (Å²) in [5, 5.41) is 4.25. The molecule has 0 aliphatic heterocycles. The first-order chi connectivity index (χ1) is 7.31. The third kappa shape index (κ3) is 1.98. The van der Waals surface area contributed by atoms with Gasteiger partial charge in [-0.2, -0.15) is 5.10 Å². The first-order valence-electron chi connectivity index (χ1n) is 5.06. The van der Waals surface area contributed by atoms with Crippen molar-refractivity contribution in [3.63, 3.8) is 0 Å². The number of hydrogen-bond acceptors (Lipinski definition) is 3. The lowest BCUT2D eigenvalue weighted by Gasteiger charge is -2.05. The summed E-state index contributed by atoms with van der Waals surface area (Å²) in [6.45, 7) is 3.02. The first-order valence-corrected chi connectivity index (χ1v) is 5.06. The van der Waals surface area contributed by atoms with Gasteiger partial charge in [0.2, 0.25) is 0 Å². The quantitative estimate of drug-likeness (QED) is 0.827. The molecule has 0 fully saturated rings. The maximum Gasteiger partial charge on any atom is 0.124 e. The van der Waals surface area contributed by atoms with Crippen LogP contribution in [-0.4, -0.2) is 14.8 Å². The minimum absolute atomic E-state index is 0.539. The molecule has 0 radical (unpaired) electrons. The Bertz CT molecular complexity index is 447. The van der Waals surface area contributed by atoms with Crippen molar-refractivity contribution in [1.82, 2.24) is 14.8 Å². The summed E-state index contributed by atoms with van der Waals surface area (Å²) < 4.78 is 1.95. The van der Waals surface area contributed by atoms with Crippen LogP contribution >= 0.6 is 0 Å². The van der Waals surface area contributed by atoms with Crippen molar-refractivity contribution < 1.29 is 0 Å². The zero-order valence-electron chi connectivity index (χ0n) is 8.72. The molecule has 2 heterocycles. The van der Waals surface area contributed by atoms with E-state index < -0.39 is 0 Å². The number of anilines is 1. The molecular formula is C11H14N4. The van der Waals surface area contributed by atoms with E-state index in [0.717, 1.165) is 24.4 Å². The highest BCUT2D eigenvalue weighted by Gasteiger charge is 2.05. The fourth-order valence-corrected chi connectivity index (χ4v) is 1.53. The van der Waals surface area contributed by atoms with E-state index in [4.69, 9.17) is 5.73 Å². The third-order valence-electron chi connectivity index (χ3n) is 2.19. The summed E-state index contributed by atoms with van der Waals surface area (Å²) in [5.74, 6) is 0.539. The van der Waals surface area contributed by atoms with Gasteiger partial charge in [-0.3, -0.25) is 4.68 Å². The molecule has 2 N–H and O–H groups in total. The second kappa shape index (κ2) is 4.13. The Morgan fingerprint density at radius 3 is 2.93 bits per heavy atom. The van der Waals surface area contributed by atoms with Crippen molar-refractivity contribution in [2.45, 2.75) is 19.9 Å². The average Bonchev–Trinajstić information content (AvgIpc) is 2.66. The van der Waals surface area contributed by atoms with Crippen molar-refractivity contribution in [2.24, 2.45) is 0 Å². The standard InChI is InChI=1S/C11H14N4/c1-2-8-15-10(6-7-13-15)9-4-3-5-11(12)14-9/h3-7H,2,8H2,1H3,(H2,12,14). The van der Waals surface area contributed by atoms with Gasteiger partial charge in [-0.15, -0.1) is 0 Å². The molecule has 2 aromatic rings. The number of rotatable bonds is 3. The number of pyridine rings is 1. The van der Waals surface area contributed by atoms with Crippen LogP contribution in [0.2, 0.25) is 0 Å². The minimum atomic E-state index is 0.539. The van der Waals surface area contributed by atoms with Gasteiger partial charge >= 0.3 is 0 Å². The van der Waals surface area contributed by atoms with Crippen LogP contribution in [-0.2, 0) is 6.54 Å². The Kier molecular flexibility index (Phi) is 2.67. The predicted molar refractivity (Wildman–Crippen MR) is 60.2 cm³/mol. The van der Waals surface area contributed by atoms with E-state index in [9.17, 15) is 0 Å². The van der Waals surface area contributed by atoms with Gasteiger partial charge < -0.3 is 5.73 Å². The van der Waals surface area contributed by atoms with Crippen LogP contribution in [0.25, 0.3) is 11.4 Å². The SMILES string of the molecule is CCCn1nccc1-c1cccc(N)n1. The molecule has 0 aliphatic carbocycles. The lowest BCUT2D eigenvalue weighted by atomic mass is 10.2. The smallest absolute Gasteiger partial charge is 0.124 e. The second-order valence-electron chi connectivity index (χ2n) is 3.39. The number of aryl methyl sites for hydroxylation is 1. The molecule has 0 amide bonds. The Balaban J connectivity index is 2.40. The van der Waals surface area contributed by atoms with Gasteiger partial charge in [0.05, 0.1) is 11.4 Å². The Morgan fingerprint density at radius 2 is 2.20 bits per heavy atom. The van der Waals surface area contributed by atoms with E-state index in [1.165, 1.54) is 0 Å². The number of aromatic nitrogens is 3. The zero-order valence-corrected chi connectivity index (χ0v) is 8.72. The number of hydrogen-bond donors (Lipinski definition) is 1. The Morgan fingerprint density at radius 1 is 1.33 bits per heavy atom. The molecule has 2 rings (SSSR count). The molecule has 0 spiro atoms. The van der Waals surface area contributed by atoms with Gasteiger partial charge in [-0.25, -0.2) is 4.98 Å². The molecule has 0 saturated heterocycles. The molecule has 15 heavy (non-hydrogen) atoms. The van der Waals surface area contributed by atoms with Crippen molar-refractivity contribution in [3.8, 4) is 11.4 Å². The van der Waals surface area contributed by atoms with Crippen molar-refractivity contribution in [1.29, 1.82) is 0 Å². The van der Waals surface area contributed by atoms with Crippen LogP contribution < -0.4 is 5.73 Å². The number of nitrogens with zero attached hydrogens (tertiary/aromatic N) is 3. The summed E-state index contributed by atoms with van der Waals surface area (Å²) in [6, 6.07) is 7.59. The summed E-state index contributed by atoms with van der Waals surface area (Å²) in [6.07, 6.45) is 2.84. The minimum Gasteiger partial charge on any atom is -0.384 e. The second-order valence-corrected chi connectivity index (χ2v) is 3.39. The zero-order chi connectivity index (χ0) is 10.7. The molecule has 0 aliphatic rings. The lowest BCUT2D eigenvalue weighted by molar-refractivity contribution is 0.608. The summed E-state index contributed by atoms with van der Waals surface area (Å²) in [5.41, 5.74) is 7.54. The monoisotopic (exact) mass is 202 g/mol. The summed E-state index contributed by atoms with van der Waals surface area (Å²) in [4.78, 5) is 4.28. The Hall–Kier alpha value is -1.84. The largest absolute Gasteiger partial charge is 0.384 e. The van der Waals surface area contributed by atoms with E-state index >= 15 is 0 Å². The highest BCUT2D eigenvalue weighted by atomic mass is 15.3. The van der Waals surface area contributed by atoms with Crippen LogP contribution in [0.5, 0.6) is 0 Å². The van der Waals surface area contributed by atoms with E-state index in [2.05, 4.69) is 17.0 Å². The van der Waals surface area contributed by atoms with Crippen molar-refractivity contribution in [3.05, 3.63) is 30.5 Å². The van der Waals surface area contributed by atoms with Crippen molar-refractivity contribution in [2.75, 3.05) is 5.73 Å². The topological polar surface area (TPSA) is 56.7 Å². The van der Waals surface area contributed by atoms with E-state index in [0.29, 0.717) is 5.82 Å². The summed E-state index contributed by atoms with van der Waals surface area (Å²) in [7, 11) is 0. The van der Waals surface area contributed by atoms with Crippen LogP contribution in [0.15, 0.2) is 30.5 Å². The molecule has 4 nitrogen and oxygen atoms in total. The molecule has 0 aromatic carbocycles. The average molecular weight is 202 g/mol. The maximum absolute atomic E-state index is 5.65. The first kappa shape index (κ1) is 9.71. The molecule has 2 aromatic heterocycles. The Labute approximate surface area is 88.8 Å². The molecule has 4 heteroatoms. The molecule has 0 atom stereocenters. The lowest BCUT2D eigenvalue weighted by Crippen LogP contribution is -2.02. The van der Waals surface area contributed by atoms with Crippen LogP contribution in [0.3, 0.4) is 0 Å². The highest BCUT2D eigenvalue weighted by molar-refractivity contribution is 5.56. The van der Waals surface area contributed by atoms with Crippen molar-refractivity contribution >= 4 is 5.82 Å². The van der Waals surface area contributed by atoms with E-state index in [1.54, 1.807) is 12.3 Å². The summed E-state index contributed by atoms with van der Waals surface area (Å²) >= 11 is 0. The normalized spacial score (nSPS) is 10.5. The van der Waals surface area contributed by atoms with Gasteiger partial charge in [-0.1, -0.05) is 13.0 Å². The van der Waals surface area contributed by atoms with Gasteiger partial charge in [0, 0.05) is 12.7 Å². The molecule has 0 saturated carbocycles. The van der Waals surface area contributed by atoms with Gasteiger partial charge in [0.15, 0.2) is 0 Å². The molecule has 78 valence electrons. The van der Waals surface area contributed by atoms with Gasteiger partial charge in [-0.05, 0) is 24.6 Å². The van der Waals surface area contributed by atoms with Gasteiger partial charge in [0.25, 0.3) is 0 Å². The van der Waals surface area contributed by atoms with E-state index in [-0.39, 0.29) is 0 Å². The van der Waals surface area contributed by atoms with Crippen LogP contribution in [0.4, 0.5) is 5.82 Å². The fourth-order valence-electron chi connectivity index (χ4n) is 1.53. The number of nitrogens with two attached hydrogens (primary N) is 1. The van der Waals surface area contributed by atoms with Crippen LogP contribution in [0.1, 0.15) is 13.3 Å². The maximum atomic E-state index is 5.65. The molecule has 0 unspecified atom stereocenters. The number of nitrogen functional groups attached to an aromatic ring is 1. The molecule has 0 bridgehead atoms. The van der Waals surface area contributed by atoms with Gasteiger partial charge in [0.1, 0.15) is 5.82 Å².